The number of halogens is 3. The Labute approximate surface area is 95.7 Å². The fraction of sp³-hybridized carbons (Fsp3) is 0.182. The van der Waals surface area contributed by atoms with Crippen LogP contribution in [0.4, 0.5) is 18.9 Å². The van der Waals surface area contributed by atoms with Crippen LogP contribution in [0.1, 0.15) is 5.82 Å². The molecule has 90 valence electrons. The highest BCUT2D eigenvalue weighted by molar-refractivity contribution is 5.62. The Morgan fingerprint density at radius 1 is 1.18 bits per heavy atom. The molecule has 0 saturated heterocycles. The number of hydrogen-bond donors (Lipinski definition) is 1. The molecule has 1 aromatic carbocycles. The lowest BCUT2D eigenvalue weighted by atomic mass is 10.1. The van der Waals surface area contributed by atoms with Crippen LogP contribution in [-0.2, 0) is 6.30 Å². The number of benzene rings is 1. The van der Waals surface area contributed by atoms with Gasteiger partial charge in [0.15, 0.2) is 0 Å². The van der Waals surface area contributed by atoms with Crippen molar-refractivity contribution in [3.8, 4) is 11.3 Å². The van der Waals surface area contributed by atoms with Crippen molar-refractivity contribution in [3.05, 3.63) is 36.3 Å². The standard InChI is InChI=1S/C11H10F3N3/c1-7-16-6-10(17(7)11(12,13)14)8-2-4-9(15)5-3-8/h2-6H,15H2,1H3. The molecule has 1 heterocycles. The van der Waals surface area contributed by atoms with Crippen molar-refractivity contribution < 1.29 is 13.2 Å². The first-order chi connectivity index (χ1) is 7.89. The molecule has 3 nitrogen and oxygen atoms in total. The lowest BCUT2D eigenvalue weighted by Crippen LogP contribution is -2.19. The van der Waals surface area contributed by atoms with Gasteiger partial charge >= 0.3 is 6.30 Å². The summed E-state index contributed by atoms with van der Waals surface area (Å²) in [5.41, 5.74) is 6.43. The summed E-state index contributed by atoms with van der Waals surface area (Å²) in [6, 6.07) is 6.18. The highest BCUT2D eigenvalue weighted by Gasteiger charge is 2.34. The minimum absolute atomic E-state index is 0.00926. The normalized spacial score (nSPS) is 11.8. The van der Waals surface area contributed by atoms with Gasteiger partial charge < -0.3 is 5.73 Å². The van der Waals surface area contributed by atoms with Crippen LogP contribution in [0.25, 0.3) is 11.3 Å². The molecule has 6 heteroatoms. The van der Waals surface area contributed by atoms with Crippen LogP contribution >= 0.6 is 0 Å². The van der Waals surface area contributed by atoms with E-state index in [1.165, 1.54) is 25.3 Å². The van der Waals surface area contributed by atoms with E-state index in [-0.39, 0.29) is 16.1 Å². The van der Waals surface area contributed by atoms with Gasteiger partial charge in [-0.2, -0.15) is 0 Å². The molecule has 0 bridgehead atoms. The molecule has 17 heavy (non-hydrogen) atoms. The molecule has 0 amide bonds. The predicted molar refractivity (Wildman–Crippen MR) is 58.1 cm³/mol. The lowest BCUT2D eigenvalue weighted by Gasteiger charge is -2.13. The molecule has 2 rings (SSSR count). The summed E-state index contributed by atoms with van der Waals surface area (Å²) in [5.74, 6) is -0.0932. The highest BCUT2D eigenvalue weighted by atomic mass is 19.4. The Morgan fingerprint density at radius 2 is 1.76 bits per heavy atom. The molecule has 2 N–H and O–H groups in total. The van der Waals surface area contributed by atoms with E-state index in [1.54, 1.807) is 12.1 Å². The van der Waals surface area contributed by atoms with Crippen molar-refractivity contribution in [2.24, 2.45) is 0 Å². The summed E-state index contributed by atoms with van der Waals surface area (Å²) in [5, 5.41) is 0. The molecule has 0 aliphatic carbocycles. The first-order valence-corrected chi connectivity index (χ1v) is 4.87. The number of nitrogens with zero attached hydrogens (tertiary/aromatic N) is 2. The van der Waals surface area contributed by atoms with Gasteiger partial charge in [0.1, 0.15) is 5.82 Å². The third-order valence-corrected chi connectivity index (χ3v) is 2.40. The summed E-state index contributed by atoms with van der Waals surface area (Å²) in [4.78, 5) is 3.69. The third kappa shape index (κ3) is 2.11. The predicted octanol–water partition coefficient (Wildman–Crippen LogP) is 2.92. The van der Waals surface area contributed by atoms with E-state index in [4.69, 9.17) is 5.73 Å². The van der Waals surface area contributed by atoms with Gasteiger partial charge in [0.25, 0.3) is 0 Å². The molecule has 1 aromatic heterocycles. The van der Waals surface area contributed by atoms with Gasteiger partial charge in [-0.15, -0.1) is 13.2 Å². The largest absolute Gasteiger partial charge is 0.490 e. The zero-order valence-corrected chi connectivity index (χ0v) is 8.99. The number of imidazole rings is 1. The van der Waals surface area contributed by atoms with Gasteiger partial charge in [-0.3, -0.25) is 0 Å². The van der Waals surface area contributed by atoms with E-state index in [0.29, 0.717) is 11.3 Å². The average Bonchev–Trinajstić information content (AvgIpc) is 2.61. The molecule has 0 fully saturated rings. The van der Waals surface area contributed by atoms with Crippen LogP contribution in [0.15, 0.2) is 30.5 Å². The summed E-state index contributed by atoms with van der Waals surface area (Å²) in [6.45, 7) is 1.31. The number of nitrogen functional groups attached to an aromatic ring is 1. The molecule has 2 aromatic rings. The quantitative estimate of drug-likeness (QED) is 0.780. The van der Waals surface area contributed by atoms with Crippen LogP contribution in [0, 0.1) is 6.92 Å². The van der Waals surface area contributed by atoms with Gasteiger partial charge in [-0.1, -0.05) is 12.1 Å². The van der Waals surface area contributed by atoms with Crippen molar-refractivity contribution >= 4 is 5.69 Å². The van der Waals surface area contributed by atoms with Crippen LogP contribution < -0.4 is 5.73 Å². The number of alkyl halides is 3. The Kier molecular flexibility index (Phi) is 2.57. The maximum atomic E-state index is 12.8. The van der Waals surface area contributed by atoms with E-state index >= 15 is 0 Å². The number of anilines is 1. The lowest BCUT2D eigenvalue weighted by molar-refractivity contribution is -0.203. The summed E-state index contributed by atoms with van der Waals surface area (Å²) in [7, 11) is 0. The fourth-order valence-corrected chi connectivity index (χ4v) is 1.62. The molecule has 0 saturated carbocycles. The van der Waals surface area contributed by atoms with Crippen molar-refractivity contribution in [1.82, 2.24) is 9.55 Å². The van der Waals surface area contributed by atoms with Gasteiger partial charge in [0, 0.05) is 11.3 Å². The second-order valence-electron chi connectivity index (χ2n) is 3.62. The smallest absolute Gasteiger partial charge is 0.399 e. The molecule has 0 unspecified atom stereocenters. The number of aryl methyl sites for hydroxylation is 1. The van der Waals surface area contributed by atoms with E-state index < -0.39 is 6.30 Å². The van der Waals surface area contributed by atoms with Gasteiger partial charge in [0.2, 0.25) is 0 Å². The molecule has 0 atom stereocenters. The van der Waals surface area contributed by atoms with E-state index in [2.05, 4.69) is 4.98 Å². The minimum atomic E-state index is -4.47. The maximum Gasteiger partial charge on any atom is 0.490 e. The Hall–Kier alpha value is -1.98. The molecule has 0 radical (unpaired) electrons. The number of rotatable bonds is 1. The number of hydrogen-bond acceptors (Lipinski definition) is 2. The van der Waals surface area contributed by atoms with Gasteiger partial charge in [0.05, 0.1) is 11.9 Å². The molecule has 0 spiro atoms. The van der Waals surface area contributed by atoms with Gasteiger partial charge in [-0.05, 0) is 19.1 Å². The van der Waals surface area contributed by atoms with E-state index in [9.17, 15) is 13.2 Å². The van der Waals surface area contributed by atoms with Gasteiger partial charge in [-0.25, -0.2) is 9.55 Å². The first-order valence-electron chi connectivity index (χ1n) is 4.87. The highest BCUT2D eigenvalue weighted by Crippen LogP contribution is 2.31. The van der Waals surface area contributed by atoms with Crippen LogP contribution in [-0.4, -0.2) is 9.55 Å². The molecular weight excluding hydrogens is 231 g/mol. The van der Waals surface area contributed by atoms with Crippen molar-refractivity contribution in [3.63, 3.8) is 0 Å². The van der Waals surface area contributed by atoms with Crippen LogP contribution in [0.3, 0.4) is 0 Å². The van der Waals surface area contributed by atoms with Crippen molar-refractivity contribution in [1.29, 1.82) is 0 Å². The zero-order valence-electron chi connectivity index (χ0n) is 8.99. The monoisotopic (exact) mass is 241 g/mol. The molecular formula is C11H10F3N3. The van der Waals surface area contributed by atoms with Crippen LogP contribution in [0.5, 0.6) is 0 Å². The second-order valence-corrected chi connectivity index (χ2v) is 3.62. The Bertz CT molecular complexity index is 526. The van der Waals surface area contributed by atoms with E-state index in [0.717, 1.165) is 0 Å². The van der Waals surface area contributed by atoms with Crippen molar-refractivity contribution in [2.45, 2.75) is 13.2 Å². The minimum Gasteiger partial charge on any atom is -0.399 e. The number of aromatic nitrogens is 2. The van der Waals surface area contributed by atoms with Crippen LogP contribution in [0.2, 0.25) is 0 Å². The third-order valence-electron chi connectivity index (χ3n) is 2.40. The first kappa shape index (κ1) is 11.5. The summed E-state index contributed by atoms with van der Waals surface area (Å²) >= 11 is 0. The fourth-order valence-electron chi connectivity index (χ4n) is 1.62. The Balaban J connectivity index is 2.57. The second kappa shape index (κ2) is 3.80. The summed E-state index contributed by atoms with van der Waals surface area (Å²) < 4.78 is 38.7. The summed E-state index contributed by atoms with van der Waals surface area (Å²) in [6.07, 6.45) is -3.27. The maximum absolute atomic E-state index is 12.8. The zero-order chi connectivity index (χ0) is 12.6. The molecule has 0 aliphatic rings. The Morgan fingerprint density at radius 3 is 2.29 bits per heavy atom. The topological polar surface area (TPSA) is 43.8 Å². The van der Waals surface area contributed by atoms with Crippen molar-refractivity contribution in [2.75, 3.05) is 5.73 Å². The average molecular weight is 241 g/mol. The SMILES string of the molecule is Cc1ncc(-c2ccc(N)cc2)n1C(F)(F)F. The van der Waals surface area contributed by atoms with E-state index in [1.807, 2.05) is 0 Å². The number of nitrogens with two attached hydrogens (primary N) is 1. The molecule has 0 aliphatic heterocycles.